The van der Waals surface area contributed by atoms with E-state index in [0.717, 1.165) is 0 Å². The molecule has 0 bridgehead atoms. The maximum atomic E-state index is 11.6. The molecule has 18 heavy (non-hydrogen) atoms. The second kappa shape index (κ2) is 5.78. The molecule has 5 nitrogen and oxygen atoms in total. The van der Waals surface area contributed by atoms with Gasteiger partial charge in [0, 0.05) is 0 Å². The predicted octanol–water partition coefficient (Wildman–Crippen LogP) is 2.28. The quantitative estimate of drug-likeness (QED) is 0.333. The third kappa shape index (κ3) is 4.05. The molecule has 0 aromatic heterocycles. The summed E-state index contributed by atoms with van der Waals surface area (Å²) in [6, 6.07) is 0. The summed E-state index contributed by atoms with van der Waals surface area (Å²) in [5.41, 5.74) is -1.31. The van der Waals surface area contributed by atoms with Crippen LogP contribution in [0.1, 0.15) is 27.7 Å². The van der Waals surface area contributed by atoms with E-state index in [0.29, 0.717) is 0 Å². The Bertz CT molecular complexity index is 356. The minimum Gasteiger partial charge on any atom is -0.467 e. The first-order chi connectivity index (χ1) is 8.00. The van der Waals surface area contributed by atoms with Crippen molar-refractivity contribution in [2.45, 2.75) is 51.4 Å². The highest BCUT2D eigenvalue weighted by Gasteiger charge is 2.42. The number of methoxy groups -OCH3 is 1. The van der Waals surface area contributed by atoms with Crippen LogP contribution in [0.5, 0.6) is 0 Å². The topological polar surface area (TPSA) is 65.0 Å². The van der Waals surface area contributed by atoms with Crippen LogP contribution in [0.2, 0.25) is 18.1 Å². The number of ether oxygens (including phenoxy) is 1. The molecular weight excluding hydrogens is 250 g/mol. The minimum absolute atomic E-state index is 0.0227. The molecule has 0 aromatic carbocycles. The SMILES string of the molecule is COC(=O)[C@](C)(CO[Si](C)(C)C(C)(C)C)N=C=O. The summed E-state index contributed by atoms with van der Waals surface area (Å²) in [4.78, 5) is 25.6. The molecule has 0 aliphatic heterocycles. The van der Waals surface area contributed by atoms with Crippen molar-refractivity contribution in [3.63, 3.8) is 0 Å². The zero-order chi connectivity index (χ0) is 14.6. The van der Waals surface area contributed by atoms with Gasteiger partial charge in [0.05, 0.1) is 13.7 Å². The van der Waals surface area contributed by atoms with Crippen molar-refractivity contribution in [3.8, 4) is 0 Å². The number of nitrogens with zero attached hydrogens (tertiary/aromatic N) is 1. The van der Waals surface area contributed by atoms with Gasteiger partial charge in [-0.25, -0.2) is 9.59 Å². The number of hydrogen-bond acceptors (Lipinski definition) is 5. The Morgan fingerprint density at radius 2 is 1.78 bits per heavy atom. The van der Waals surface area contributed by atoms with E-state index in [4.69, 9.17) is 4.43 Å². The van der Waals surface area contributed by atoms with E-state index in [1.54, 1.807) is 0 Å². The fourth-order valence-corrected chi connectivity index (χ4v) is 2.07. The molecule has 104 valence electrons. The van der Waals surface area contributed by atoms with Gasteiger partial charge in [-0.15, -0.1) is 0 Å². The average Bonchev–Trinajstić information content (AvgIpc) is 2.24. The first-order valence-corrected chi connectivity index (χ1v) is 8.72. The van der Waals surface area contributed by atoms with Crippen molar-refractivity contribution in [2.24, 2.45) is 4.99 Å². The molecule has 0 radical (unpaired) electrons. The number of rotatable bonds is 5. The predicted molar refractivity (Wildman–Crippen MR) is 71.7 cm³/mol. The van der Waals surface area contributed by atoms with Crippen molar-refractivity contribution in [3.05, 3.63) is 0 Å². The molecule has 0 aromatic rings. The van der Waals surface area contributed by atoms with Gasteiger partial charge in [-0.3, -0.25) is 0 Å². The van der Waals surface area contributed by atoms with Crippen molar-refractivity contribution in [2.75, 3.05) is 13.7 Å². The summed E-state index contributed by atoms with van der Waals surface area (Å²) in [7, 11) is -0.743. The van der Waals surface area contributed by atoms with E-state index in [9.17, 15) is 9.59 Å². The lowest BCUT2D eigenvalue weighted by Crippen LogP contribution is -2.47. The van der Waals surface area contributed by atoms with Crippen LogP contribution in [-0.2, 0) is 18.8 Å². The van der Waals surface area contributed by atoms with Crippen molar-refractivity contribution < 1.29 is 18.8 Å². The highest BCUT2D eigenvalue weighted by molar-refractivity contribution is 6.74. The van der Waals surface area contributed by atoms with E-state index >= 15 is 0 Å². The summed E-state index contributed by atoms with van der Waals surface area (Å²) < 4.78 is 10.5. The summed E-state index contributed by atoms with van der Waals surface area (Å²) in [6.45, 7) is 12.0. The van der Waals surface area contributed by atoms with Gasteiger partial charge in [0.2, 0.25) is 6.08 Å². The third-order valence-corrected chi connectivity index (χ3v) is 7.92. The molecule has 0 spiro atoms. The van der Waals surface area contributed by atoms with E-state index in [-0.39, 0.29) is 11.6 Å². The van der Waals surface area contributed by atoms with Crippen LogP contribution in [0.15, 0.2) is 4.99 Å². The van der Waals surface area contributed by atoms with Gasteiger partial charge in [0.25, 0.3) is 0 Å². The summed E-state index contributed by atoms with van der Waals surface area (Å²) in [5, 5.41) is 0.0227. The highest BCUT2D eigenvalue weighted by atomic mass is 28.4. The van der Waals surface area contributed by atoms with Crippen LogP contribution >= 0.6 is 0 Å². The zero-order valence-corrected chi connectivity index (χ0v) is 13.3. The molecule has 0 fully saturated rings. The molecule has 0 rings (SSSR count). The first kappa shape index (κ1) is 17.0. The highest BCUT2D eigenvalue weighted by Crippen LogP contribution is 2.37. The normalized spacial score (nSPS) is 15.5. The molecule has 0 N–H and O–H groups in total. The third-order valence-electron chi connectivity index (χ3n) is 3.44. The Balaban J connectivity index is 4.96. The molecule has 0 saturated heterocycles. The Kier molecular flexibility index (Phi) is 5.47. The van der Waals surface area contributed by atoms with Crippen LogP contribution in [0.3, 0.4) is 0 Å². The molecule has 0 unspecified atom stereocenters. The van der Waals surface area contributed by atoms with Gasteiger partial charge < -0.3 is 9.16 Å². The number of carbonyl (C=O) groups is 1. The van der Waals surface area contributed by atoms with Crippen molar-refractivity contribution >= 4 is 20.4 Å². The second-order valence-corrected chi connectivity index (χ2v) is 10.8. The standard InChI is InChI=1S/C12H23NO4Si/c1-11(2,3)18(6,7)17-8-12(4,13-9-14)10(15)16-5/h8H2,1-7H3/t12-/m0/s1. The molecule has 0 aliphatic rings. The van der Waals surface area contributed by atoms with Crippen LogP contribution < -0.4 is 0 Å². The van der Waals surface area contributed by atoms with E-state index in [1.165, 1.54) is 20.1 Å². The van der Waals surface area contributed by atoms with Gasteiger partial charge >= 0.3 is 5.97 Å². The number of isocyanates is 1. The van der Waals surface area contributed by atoms with Crippen molar-refractivity contribution in [1.29, 1.82) is 0 Å². The van der Waals surface area contributed by atoms with E-state index < -0.39 is 19.8 Å². The van der Waals surface area contributed by atoms with Gasteiger partial charge in [0.1, 0.15) is 0 Å². The Morgan fingerprint density at radius 1 is 1.28 bits per heavy atom. The Morgan fingerprint density at radius 3 is 2.11 bits per heavy atom. The Labute approximate surface area is 110 Å². The minimum atomic E-state index is -2.00. The van der Waals surface area contributed by atoms with Crippen LogP contribution in [0.4, 0.5) is 0 Å². The van der Waals surface area contributed by atoms with E-state index in [2.05, 4.69) is 43.6 Å². The number of esters is 1. The fourth-order valence-electron chi connectivity index (χ4n) is 0.995. The monoisotopic (exact) mass is 273 g/mol. The van der Waals surface area contributed by atoms with Gasteiger partial charge in [-0.1, -0.05) is 20.8 Å². The number of aliphatic imine (C=N–C) groups is 1. The van der Waals surface area contributed by atoms with Crippen molar-refractivity contribution in [1.82, 2.24) is 0 Å². The van der Waals surface area contributed by atoms with Gasteiger partial charge in [0.15, 0.2) is 13.9 Å². The molecular formula is C12H23NO4Si. The molecule has 0 amide bonds. The molecule has 0 saturated carbocycles. The number of carbonyl (C=O) groups excluding carboxylic acids is 2. The first-order valence-electron chi connectivity index (χ1n) is 5.81. The van der Waals surface area contributed by atoms with Crippen LogP contribution in [0.25, 0.3) is 0 Å². The lowest BCUT2D eigenvalue weighted by Gasteiger charge is -2.37. The maximum absolute atomic E-state index is 11.6. The molecule has 0 heterocycles. The smallest absolute Gasteiger partial charge is 0.336 e. The molecule has 0 aliphatic carbocycles. The second-order valence-electron chi connectivity index (χ2n) is 6.02. The Hall–Kier alpha value is -0.973. The summed E-state index contributed by atoms with van der Waals surface area (Å²) >= 11 is 0. The largest absolute Gasteiger partial charge is 0.467 e. The summed E-state index contributed by atoms with van der Waals surface area (Å²) in [5.74, 6) is -0.593. The van der Waals surface area contributed by atoms with Gasteiger partial charge in [-0.2, -0.15) is 4.99 Å². The lowest BCUT2D eigenvalue weighted by atomic mass is 10.1. The lowest BCUT2D eigenvalue weighted by molar-refractivity contribution is -0.147. The molecule has 1 atom stereocenters. The molecule has 6 heteroatoms. The fraction of sp³-hybridized carbons (Fsp3) is 0.833. The van der Waals surface area contributed by atoms with Crippen LogP contribution in [0, 0.1) is 0 Å². The van der Waals surface area contributed by atoms with Gasteiger partial charge in [-0.05, 0) is 25.1 Å². The van der Waals surface area contributed by atoms with E-state index in [1.807, 2.05) is 0 Å². The summed E-state index contributed by atoms with van der Waals surface area (Å²) in [6.07, 6.45) is 1.41. The maximum Gasteiger partial charge on any atom is 0.336 e. The van der Waals surface area contributed by atoms with Crippen LogP contribution in [-0.4, -0.2) is 39.6 Å². The number of hydrogen-bond donors (Lipinski definition) is 0. The average molecular weight is 273 g/mol. The zero-order valence-electron chi connectivity index (χ0n) is 12.3.